The van der Waals surface area contributed by atoms with E-state index in [2.05, 4.69) is 35.9 Å². The van der Waals surface area contributed by atoms with E-state index in [1.807, 2.05) is 6.20 Å². The number of hydrogen-bond acceptors (Lipinski definition) is 4. The highest BCUT2D eigenvalue weighted by molar-refractivity contribution is 5.28. The maximum absolute atomic E-state index is 5.75. The zero-order chi connectivity index (χ0) is 15.2. The van der Waals surface area contributed by atoms with Crippen LogP contribution >= 0.6 is 0 Å². The fourth-order valence-corrected chi connectivity index (χ4v) is 3.06. The monoisotopic (exact) mass is 295 g/mol. The van der Waals surface area contributed by atoms with Crippen LogP contribution in [0.2, 0.25) is 0 Å². The zero-order valence-corrected chi connectivity index (χ0v) is 13.8. The number of ether oxygens (including phenoxy) is 2. The maximum atomic E-state index is 5.75. The SMILES string of the molecule is CCNC(CCC1CCCO1)c1c(OC)cnn1C(C)C. The van der Waals surface area contributed by atoms with E-state index in [1.165, 1.54) is 12.8 Å². The summed E-state index contributed by atoms with van der Waals surface area (Å²) < 4.78 is 13.3. The van der Waals surface area contributed by atoms with Crippen LogP contribution in [-0.4, -0.2) is 36.1 Å². The molecule has 1 aliphatic heterocycles. The van der Waals surface area contributed by atoms with Crippen molar-refractivity contribution < 1.29 is 9.47 Å². The van der Waals surface area contributed by atoms with Crippen molar-refractivity contribution in [1.82, 2.24) is 15.1 Å². The quantitative estimate of drug-likeness (QED) is 0.800. The molecule has 1 aliphatic rings. The molecule has 0 saturated carbocycles. The fourth-order valence-electron chi connectivity index (χ4n) is 3.06. The highest BCUT2D eigenvalue weighted by atomic mass is 16.5. The average molecular weight is 295 g/mol. The molecule has 5 nitrogen and oxygen atoms in total. The molecule has 0 amide bonds. The smallest absolute Gasteiger partial charge is 0.161 e. The lowest BCUT2D eigenvalue weighted by Crippen LogP contribution is -2.26. The molecule has 21 heavy (non-hydrogen) atoms. The second kappa shape index (κ2) is 7.80. The number of hydrogen-bond donors (Lipinski definition) is 1. The summed E-state index contributed by atoms with van der Waals surface area (Å²) in [5.74, 6) is 0.877. The van der Waals surface area contributed by atoms with Crippen LogP contribution in [0.1, 0.15) is 64.2 Å². The van der Waals surface area contributed by atoms with Gasteiger partial charge in [-0.3, -0.25) is 4.68 Å². The van der Waals surface area contributed by atoms with Gasteiger partial charge in [0.1, 0.15) is 0 Å². The van der Waals surface area contributed by atoms with E-state index in [0.717, 1.165) is 37.4 Å². The molecule has 2 unspecified atom stereocenters. The number of nitrogens with one attached hydrogen (secondary N) is 1. The molecule has 1 aromatic rings. The van der Waals surface area contributed by atoms with Gasteiger partial charge in [0.15, 0.2) is 5.75 Å². The van der Waals surface area contributed by atoms with Gasteiger partial charge >= 0.3 is 0 Å². The normalized spacial score (nSPS) is 20.1. The molecular formula is C16H29N3O2. The van der Waals surface area contributed by atoms with E-state index in [0.29, 0.717) is 12.1 Å². The van der Waals surface area contributed by atoms with Crippen molar-refractivity contribution in [3.8, 4) is 5.75 Å². The van der Waals surface area contributed by atoms with Crippen LogP contribution < -0.4 is 10.1 Å². The van der Waals surface area contributed by atoms with Crippen LogP contribution in [0, 0.1) is 0 Å². The topological polar surface area (TPSA) is 48.3 Å². The predicted octanol–water partition coefficient (Wildman–Crippen LogP) is 3.08. The van der Waals surface area contributed by atoms with E-state index in [9.17, 15) is 0 Å². The highest BCUT2D eigenvalue weighted by Crippen LogP contribution is 2.31. The summed E-state index contributed by atoms with van der Waals surface area (Å²) in [5, 5.41) is 8.07. The Kier molecular flexibility index (Phi) is 6.06. The first-order valence-electron chi connectivity index (χ1n) is 8.13. The molecule has 0 radical (unpaired) electrons. The van der Waals surface area contributed by atoms with Crippen molar-refractivity contribution in [3.05, 3.63) is 11.9 Å². The third kappa shape index (κ3) is 3.98. The standard InChI is InChI=1S/C16H29N3O2/c1-5-17-14(9-8-13-7-6-10-21-13)16-15(20-4)11-18-19(16)12(2)3/h11-14,17H,5-10H2,1-4H3. The molecule has 0 aliphatic carbocycles. The van der Waals surface area contributed by atoms with E-state index < -0.39 is 0 Å². The minimum atomic E-state index is 0.263. The van der Waals surface area contributed by atoms with Crippen molar-refractivity contribution in [1.29, 1.82) is 0 Å². The summed E-state index contributed by atoms with van der Waals surface area (Å²) in [7, 11) is 1.72. The van der Waals surface area contributed by atoms with Crippen LogP contribution in [0.25, 0.3) is 0 Å². The molecule has 0 bridgehead atoms. The van der Waals surface area contributed by atoms with Gasteiger partial charge in [-0.2, -0.15) is 5.10 Å². The lowest BCUT2D eigenvalue weighted by Gasteiger charge is -2.23. The second-order valence-electron chi connectivity index (χ2n) is 5.96. The van der Waals surface area contributed by atoms with Crippen molar-refractivity contribution in [2.75, 3.05) is 20.3 Å². The Labute approximate surface area is 128 Å². The summed E-state index contributed by atoms with van der Waals surface area (Å²) >= 11 is 0. The highest BCUT2D eigenvalue weighted by Gasteiger charge is 2.24. The third-order valence-corrected chi connectivity index (χ3v) is 4.09. The Morgan fingerprint density at radius 2 is 2.33 bits per heavy atom. The summed E-state index contributed by atoms with van der Waals surface area (Å²) in [6.45, 7) is 8.30. The predicted molar refractivity (Wildman–Crippen MR) is 83.8 cm³/mol. The lowest BCUT2D eigenvalue weighted by molar-refractivity contribution is 0.0992. The molecule has 0 aromatic carbocycles. The molecule has 2 rings (SSSR count). The molecule has 1 fully saturated rings. The zero-order valence-electron chi connectivity index (χ0n) is 13.8. The van der Waals surface area contributed by atoms with Gasteiger partial charge in [0.2, 0.25) is 0 Å². The Balaban J connectivity index is 2.13. The van der Waals surface area contributed by atoms with Crippen LogP contribution in [-0.2, 0) is 4.74 Å². The Hall–Kier alpha value is -1.07. The molecule has 1 aromatic heterocycles. The first-order chi connectivity index (χ1) is 10.2. The summed E-state index contributed by atoms with van der Waals surface area (Å²) in [6.07, 6.45) is 6.78. The van der Waals surface area contributed by atoms with Gasteiger partial charge in [0.05, 0.1) is 31.1 Å². The molecule has 2 atom stereocenters. The average Bonchev–Trinajstić information content (AvgIpc) is 3.12. The molecular weight excluding hydrogens is 266 g/mol. The van der Waals surface area contributed by atoms with Crippen LogP contribution in [0.4, 0.5) is 0 Å². The minimum Gasteiger partial charge on any atom is -0.493 e. The largest absolute Gasteiger partial charge is 0.493 e. The van der Waals surface area contributed by atoms with Gasteiger partial charge in [-0.05, 0) is 46.1 Å². The van der Waals surface area contributed by atoms with Gasteiger partial charge in [0.25, 0.3) is 0 Å². The van der Waals surface area contributed by atoms with Crippen molar-refractivity contribution >= 4 is 0 Å². The van der Waals surface area contributed by atoms with E-state index in [1.54, 1.807) is 7.11 Å². The minimum absolute atomic E-state index is 0.263. The maximum Gasteiger partial charge on any atom is 0.161 e. The van der Waals surface area contributed by atoms with Gasteiger partial charge in [-0.25, -0.2) is 0 Å². The van der Waals surface area contributed by atoms with Crippen molar-refractivity contribution in [3.63, 3.8) is 0 Å². The first-order valence-corrected chi connectivity index (χ1v) is 8.13. The second-order valence-corrected chi connectivity index (χ2v) is 5.96. The van der Waals surface area contributed by atoms with Crippen molar-refractivity contribution in [2.45, 2.75) is 64.6 Å². The van der Waals surface area contributed by atoms with Crippen LogP contribution in [0.15, 0.2) is 6.20 Å². The van der Waals surface area contributed by atoms with Gasteiger partial charge < -0.3 is 14.8 Å². The van der Waals surface area contributed by atoms with Crippen LogP contribution in [0.3, 0.4) is 0 Å². The summed E-state index contributed by atoms with van der Waals surface area (Å²) in [4.78, 5) is 0. The number of nitrogens with zero attached hydrogens (tertiary/aromatic N) is 2. The Morgan fingerprint density at radius 1 is 1.52 bits per heavy atom. The molecule has 120 valence electrons. The Morgan fingerprint density at radius 3 is 2.90 bits per heavy atom. The van der Waals surface area contributed by atoms with Gasteiger partial charge in [0, 0.05) is 12.6 Å². The van der Waals surface area contributed by atoms with E-state index in [4.69, 9.17) is 9.47 Å². The van der Waals surface area contributed by atoms with E-state index >= 15 is 0 Å². The molecule has 2 heterocycles. The number of aromatic nitrogens is 2. The number of methoxy groups -OCH3 is 1. The first kappa shape index (κ1) is 16.3. The van der Waals surface area contributed by atoms with Gasteiger partial charge in [-0.15, -0.1) is 0 Å². The van der Waals surface area contributed by atoms with Crippen LogP contribution in [0.5, 0.6) is 5.75 Å². The molecule has 5 heteroatoms. The molecule has 1 saturated heterocycles. The third-order valence-electron chi connectivity index (χ3n) is 4.09. The van der Waals surface area contributed by atoms with Crippen molar-refractivity contribution in [2.24, 2.45) is 0 Å². The molecule has 0 spiro atoms. The number of rotatable bonds is 8. The molecule has 1 N–H and O–H groups in total. The Bertz CT molecular complexity index is 425. The fraction of sp³-hybridized carbons (Fsp3) is 0.812. The van der Waals surface area contributed by atoms with Gasteiger partial charge in [-0.1, -0.05) is 6.92 Å². The summed E-state index contributed by atoms with van der Waals surface area (Å²) in [5.41, 5.74) is 1.16. The summed E-state index contributed by atoms with van der Waals surface area (Å²) in [6, 6.07) is 0.590. The lowest BCUT2D eigenvalue weighted by atomic mass is 10.0. The van der Waals surface area contributed by atoms with E-state index in [-0.39, 0.29) is 6.04 Å².